The van der Waals surface area contributed by atoms with Gasteiger partial charge in [-0.25, -0.2) is 0 Å². The second-order valence-corrected chi connectivity index (χ2v) is 5.45. The lowest BCUT2D eigenvalue weighted by Crippen LogP contribution is -2.43. The number of aliphatic carboxylic acids is 1. The van der Waals surface area contributed by atoms with Gasteiger partial charge in [0.25, 0.3) is 0 Å². The van der Waals surface area contributed by atoms with Crippen LogP contribution in [0.5, 0.6) is 0 Å². The monoisotopic (exact) mass is 268 g/mol. The number of hydrogen-bond donors (Lipinski definition) is 3. The van der Waals surface area contributed by atoms with Crippen molar-refractivity contribution in [3.63, 3.8) is 0 Å². The molecule has 0 aromatic carbocycles. The lowest BCUT2D eigenvalue weighted by atomic mass is 9.86. The van der Waals surface area contributed by atoms with Gasteiger partial charge < -0.3 is 16.2 Å². The van der Waals surface area contributed by atoms with Crippen molar-refractivity contribution in [2.24, 2.45) is 11.7 Å². The van der Waals surface area contributed by atoms with Crippen LogP contribution in [0.25, 0.3) is 0 Å². The highest BCUT2D eigenvalue weighted by Gasteiger charge is 2.23. The van der Waals surface area contributed by atoms with Gasteiger partial charge in [0.05, 0.1) is 6.04 Å². The number of hydrogen-bond acceptors (Lipinski definition) is 3. The Kier molecular flexibility index (Phi) is 5.86. The SMILES string of the molecule is CC(C)C(NC(=O)CCCC(=O)O)C(N)=C1CCC1. The molecule has 0 bridgehead atoms. The maximum Gasteiger partial charge on any atom is 0.303 e. The molecule has 0 spiro atoms. The highest BCUT2D eigenvalue weighted by atomic mass is 16.4. The Morgan fingerprint density at radius 1 is 1.32 bits per heavy atom. The average Bonchev–Trinajstić information content (AvgIpc) is 2.22. The molecule has 108 valence electrons. The lowest BCUT2D eigenvalue weighted by Gasteiger charge is -2.28. The van der Waals surface area contributed by atoms with Crippen molar-refractivity contribution in [1.29, 1.82) is 0 Å². The van der Waals surface area contributed by atoms with Gasteiger partial charge in [0.1, 0.15) is 0 Å². The first kappa shape index (κ1) is 15.5. The summed E-state index contributed by atoms with van der Waals surface area (Å²) in [6, 6.07) is -0.132. The van der Waals surface area contributed by atoms with Crippen LogP contribution in [0.3, 0.4) is 0 Å². The van der Waals surface area contributed by atoms with Gasteiger partial charge >= 0.3 is 5.97 Å². The summed E-state index contributed by atoms with van der Waals surface area (Å²) >= 11 is 0. The molecule has 1 fully saturated rings. The van der Waals surface area contributed by atoms with Crippen molar-refractivity contribution >= 4 is 11.9 Å². The minimum absolute atomic E-state index is 0.0241. The van der Waals surface area contributed by atoms with Crippen LogP contribution in [0.4, 0.5) is 0 Å². The van der Waals surface area contributed by atoms with Gasteiger partial charge in [0.15, 0.2) is 0 Å². The Hall–Kier alpha value is -1.52. The first-order valence-electron chi connectivity index (χ1n) is 6.90. The molecule has 1 atom stereocenters. The molecular formula is C14H24N2O3. The summed E-state index contributed by atoms with van der Waals surface area (Å²) < 4.78 is 0. The van der Waals surface area contributed by atoms with Crippen molar-refractivity contribution in [2.45, 2.75) is 58.4 Å². The van der Waals surface area contributed by atoms with E-state index < -0.39 is 5.97 Å². The topological polar surface area (TPSA) is 92.4 Å². The average molecular weight is 268 g/mol. The molecule has 1 unspecified atom stereocenters. The smallest absolute Gasteiger partial charge is 0.303 e. The first-order valence-corrected chi connectivity index (χ1v) is 6.90. The van der Waals surface area contributed by atoms with Gasteiger partial charge in [-0.2, -0.15) is 0 Å². The minimum Gasteiger partial charge on any atom is -0.481 e. The number of carbonyl (C=O) groups is 2. The highest BCUT2D eigenvalue weighted by Crippen LogP contribution is 2.29. The molecule has 1 saturated carbocycles. The van der Waals surface area contributed by atoms with Crippen molar-refractivity contribution in [3.05, 3.63) is 11.3 Å². The van der Waals surface area contributed by atoms with Crippen molar-refractivity contribution in [1.82, 2.24) is 5.32 Å². The number of carboxylic acids is 1. The van der Waals surface area contributed by atoms with Crippen LogP contribution in [0.1, 0.15) is 52.4 Å². The molecule has 0 aromatic rings. The molecule has 4 N–H and O–H groups in total. The second-order valence-electron chi connectivity index (χ2n) is 5.45. The minimum atomic E-state index is -0.871. The van der Waals surface area contributed by atoms with Gasteiger partial charge in [0.2, 0.25) is 5.91 Å². The predicted molar refractivity (Wildman–Crippen MR) is 73.3 cm³/mol. The summed E-state index contributed by atoms with van der Waals surface area (Å²) in [6.45, 7) is 4.04. The molecule has 0 aromatic heterocycles. The van der Waals surface area contributed by atoms with E-state index in [0.717, 1.165) is 18.5 Å². The van der Waals surface area contributed by atoms with E-state index in [-0.39, 0.29) is 30.7 Å². The van der Waals surface area contributed by atoms with Crippen LogP contribution >= 0.6 is 0 Å². The van der Waals surface area contributed by atoms with Gasteiger partial charge in [0, 0.05) is 18.5 Å². The fourth-order valence-electron chi connectivity index (χ4n) is 2.11. The highest BCUT2D eigenvalue weighted by molar-refractivity contribution is 5.77. The molecule has 5 heteroatoms. The summed E-state index contributed by atoms with van der Waals surface area (Å²) in [7, 11) is 0. The summed E-state index contributed by atoms with van der Waals surface area (Å²) in [5.41, 5.74) is 8.17. The third kappa shape index (κ3) is 4.93. The summed E-state index contributed by atoms with van der Waals surface area (Å²) in [5.74, 6) is -0.761. The Morgan fingerprint density at radius 3 is 2.37 bits per heavy atom. The van der Waals surface area contributed by atoms with E-state index >= 15 is 0 Å². The van der Waals surface area contributed by atoms with Gasteiger partial charge in [-0.15, -0.1) is 0 Å². The Balaban J connectivity index is 2.49. The van der Waals surface area contributed by atoms with E-state index in [1.54, 1.807) is 0 Å². The molecule has 1 aliphatic rings. The number of nitrogens with one attached hydrogen (secondary N) is 1. The molecule has 5 nitrogen and oxygen atoms in total. The molecule has 0 saturated heterocycles. The van der Waals surface area contributed by atoms with Crippen molar-refractivity contribution in [2.75, 3.05) is 0 Å². The van der Waals surface area contributed by atoms with Gasteiger partial charge in [-0.05, 0) is 37.2 Å². The van der Waals surface area contributed by atoms with E-state index in [1.165, 1.54) is 12.0 Å². The number of nitrogens with two attached hydrogens (primary N) is 1. The van der Waals surface area contributed by atoms with Crippen molar-refractivity contribution < 1.29 is 14.7 Å². The predicted octanol–water partition coefficient (Wildman–Crippen LogP) is 1.78. The Labute approximate surface area is 114 Å². The van der Waals surface area contributed by atoms with Crippen LogP contribution in [0.2, 0.25) is 0 Å². The molecular weight excluding hydrogens is 244 g/mol. The Bertz CT molecular complexity index is 369. The number of rotatable bonds is 7. The molecule has 0 radical (unpaired) electrons. The molecule has 1 aliphatic carbocycles. The first-order chi connectivity index (χ1) is 8.91. The summed E-state index contributed by atoms with van der Waals surface area (Å²) in [4.78, 5) is 22.2. The largest absolute Gasteiger partial charge is 0.481 e. The van der Waals surface area contributed by atoms with Crippen LogP contribution in [-0.4, -0.2) is 23.0 Å². The summed E-state index contributed by atoms with van der Waals surface area (Å²) in [5, 5.41) is 11.5. The normalized spacial score (nSPS) is 15.8. The van der Waals surface area contributed by atoms with Gasteiger partial charge in [-0.1, -0.05) is 13.8 Å². The molecule has 0 heterocycles. The number of carbonyl (C=O) groups excluding carboxylic acids is 1. The van der Waals surface area contributed by atoms with Gasteiger partial charge in [-0.3, -0.25) is 9.59 Å². The fourth-order valence-corrected chi connectivity index (χ4v) is 2.11. The fraction of sp³-hybridized carbons (Fsp3) is 0.714. The quantitative estimate of drug-likeness (QED) is 0.656. The molecule has 0 aliphatic heterocycles. The standard InChI is InChI=1S/C14H24N2O3/c1-9(2)14(13(15)10-5-3-6-10)16-11(17)7-4-8-12(18)19/h9,14H,3-8,15H2,1-2H3,(H,16,17)(H,18,19). The zero-order chi connectivity index (χ0) is 14.4. The maximum absolute atomic E-state index is 11.8. The van der Waals surface area contributed by atoms with E-state index in [1.807, 2.05) is 13.8 Å². The number of allylic oxidation sites excluding steroid dienone is 1. The van der Waals surface area contributed by atoms with E-state index in [4.69, 9.17) is 10.8 Å². The number of carboxylic acid groups (broad SMARTS) is 1. The zero-order valence-electron chi connectivity index (χ0n) is 11.7. The van der Waals surface area contributed by atoms with E-state index in [0.29, 0.717) is 6.42 Å². The Morgan fingerprint density at radius 2 is 1.95 bits per heavy atom. The molecule has 1 rings (SSSR count). The van der Waals surface area contributed by atoms with Crippen LogP contribution in [0.15, 0.2) is 11.3 Å². The summed E-state index contributed by atoms with van der Waals surface area (Å²) in [6.07, 6.45) is 3.86. The van der Waals surface area contributed by atoms with E-state index in [2.05, 4.69) is 5.32 Å². The lowest BCUT2D eigenvalue weighted by molar-refractivity contribution is -0.137. The van der Waals surface area contributed by atoms with Crippen molar-refractivity contribution in [3.8, 4) is 0 Å². The maximum atomic E-state index is 11.8. The zero-order valence-corrected chi connectivity index (χ0v) is 11.7. The van der Waals surface area contributed by atoms with E-state index in [9.17, 15) is 9.59 Å². The molecule has 19 heavy (non-hydrogen) atoms. The molecule has 1 amide bonds. The van der Waals surface area contributed by atoms with Crippen LogP contribution in [0, 0.1) is 5.92 Å². The third-order valence-corrected chi connectivity index (χ3v) is 3.48. The van der Waals surface area contributed by atoms with Crippen LogP contribution < -0.4 is 11.1 Å². The second kappa shape index (κ2) is 7.16. The third-order valence-electron chi connectivity index (χ3n) is 3.48. The number of amides is 1. The van der Waals surface area contributed by atoms with Crippen LogP contribution in [-0.2, 0) is 9.59 Å².